The molecule has 0 atom stereocenters. The molecule has 1 aromatic rings. The van der Waals surface area contributed by atoms with Crippen molar-refractivity contribution in [1.82, 2.24) is 4.90 Å². The minimum Gasteiger partial charge on any atom is -0.372 e. The molecular weight excluding hydrogens is 272 g/mol. The molecule has 0 saturated carbocycles. The number of anilines is 1. The molecule has 1 aromatic carbocycles. The van der Waals surface area contributed by atoms with Crippen molar-refractivity contribution >= 4 is 11.6 Å². The molecule has 0 N–H and O–H groups in total. The molecule has 3 nitrogen and oxygen atoms in total. The number of nitrogens with zero attached hydrogens (tertiary/aromatic N) is 2. The molecule has 2 saturated heterocycles. The van der Waals surface area contributed by atoms with Crippen LogP contribution in [-0.4, -0.2) is 37.0 Å². The van der Waals surface area contributed by atoms with Gasteiger partial charge in [-0.05, 0) is 55.2 Å². The van der Waals surface area contributed by atoms with E-state index in [1.807, 2.05) is 4.90 Å². The van der Waals surface area contributed by atoms with Crippen LogP contribution in [0.25, 0.3) is 0 Å². The van der Waals surface area contributed by atoms with E-state index in [0.717, 1.165) is 31.8 Å². The first-order chi connectivity index (χ1) is 10.6. The molecule has 0 aromatic heterocycles. The van der Waals surface area contributed by atoms with Crippen molar-refractivity contribution in [2.24, 2.45) is 5.92 Å². The highest BCUT2D eigenvalue weighted by Gasteiger charge is 2.23. The minimum atomic E-state index is 0.217. The summed E-state index contributed by atoms with van der Waals surface area (Å²) in [6.07, 6.45) is 4.81. The second-order valence-corrected chi connectivity index (χ2v) is 7.04. The average molecular weight is 300 g/mol. The fourth-order valence-electron chi connectivity index (χ4n) is 3.77. The van der Waals surface area contributed by atoms with Gasteiger partial charge in [0.2, 0.25) is 5.91 Å². The van der Waals surface area contributed by atoms with Crippen molar-refractivity contribution in [2.75, 3.05) is 31.1 Å². The lowest BCUT2D eigenvalue weighted by Crippen LogP contribution is -2.36. The van der Waals surface area contributed by atoms with Crippen LogP contribution >= 0.6 is 0 Å². The normalized spacial score (nSPS) is 21.2. The standard InChI is InChI=1S/C19H28N2O/c1-15-6-10-21(11-7-15)19-5-3-4-18(14-19)17-8-12-20(13-9-17)16(2)22/h3-5,14-15,17H,6-13H2,1-2H3. The molecule has 3 rings (SSSR count). The third-order valence-corrected chi connectivity index (χ3v) is 5.43. The van der Waals surface area contributed by atoms with Gasteiger partial charge in [-0.3, -0.25) is 4.79 Å². The van der Waals surface area contributed by atoms with Crippen molar-refractivity contribution in [1.29, 1.82) is 0 Å². The van der Waals surface area contributed by atoms with E-state index in [1.54, 1.807) is 6.92 Å². The number of carbonyl (C=O) groups excluding carboxylic acids is 1. The van der Waals surface area contributed by atoms with Crippen LogP contribution in [0.2, 0.25) is 0 Å². The Balaban J connectivity index is 1.66. The van der Waals surface area contributed by atoms with Crippen molar-refractivity contribution in [3.63, 3.8) is 0 Å². The maximum absolute atomic E-state index is 11.4. The van der Waals surface area contributed by atoms with E-state index in [2.05, 4.69) is 36.1 Å². The van der Waals surface area contributed by atoms with Crippen molar-refractivity contribution in [3.05, 3.63) is 29.8 Å². The van der Waals surface area contributed by atoms with Crippen molar-refractivity contribution < 1.29 is 4.79 Å². The molecule has 2 heterocycles. The summed E-state index contributed by atoms with van der Waals surface area (Å²) in [5, 5.41) is 0. The topological polar surface area (TPSA) is 23.6 Å². The van der Waals surface area contributed by atoms with Gasteiger partial charge < -0.3 is 9.80 Å². The SMILES string of the molecule is CC(=O)N1CCC(c2cccc(N3CCC(C)CC3)c2)CC1. The van der Waals surface area contributed by atoms with E-state index in [4.69, 9.17) is 0 Å². The van der Waals surface area contributed by atoms with Gasteiger partial charge in [0.1, 0.15) is 0 Å². The Kier molecular flexibility index (Phi) is 4.70. The summed E-state index contributed by atoms with van der Waals surface area (Å²) in [5.74, 6) is 1.70. The fraction of sp³-hybridized carbons (Fsp3) is 0.632. The Labute approximate surface area is 134 Å². The molecular formula is C19H28N2O. The maximum atomic E-state index is 11.4. The molecule has 0 unspecified atom stereocenters. The molecule has 2 aliphatic heterocycles. The number of amides is 1. The number of hydrogen-bond acceptors (Lipinski definition) is 2. The van der Waals surface area contributed by atoms with E-state index in [1.165, 1.54) is 37.2 Å². The predicted molar refractivity (Wildman–Crippen MR) is 91.3 cm³/mol. The van der Waals surface area contributed by atoms with Crippen LogP contribution in [0.15, 0.2) is 24.3 Å². The Bertz CT molecular complexity index is 512. The lowest BCUT2D eigenvalue weighted by molar-refractivity contribution is -0.129. The fourth-order valence-corrected chi connectivity index (χ4v) is 3.77. The lowest BCUT2D eigenvalue weighted by atomic mass is 9.89. The highest BCUT2D eigenvalue weighted by atomic mass is 16.2. The maximum Gasteiger partial charge on any atom is 0.219 e. The van der Waals surface area contributed by atoms with Gasteiger partial charge in [0.25, 0.3) is 0 Å². The largest absolute Gasteiger partial charge is 0.372 e. The monoisotopic (exact) mass is 300 g/mol. The van der Waals surface area contributed by atoms with E-state index in [9.17, 15) is 4.79 Å². The molecule has 120 valence electrons. The molecule has 22 heavy (non-hydrogen) atoms. The van der Waals surface area contributed by atoms with Gasteiger partial charge >= 0.3 is 0 Å². The summed E-state index contributed by atoms with van der Waals surface area (Å²) in [7, 11) is 0. The summed E-state index contributed by atoms with van der Waals surface area (Å²) in [6.45, 7) is 8.23. The van der Waals surface area contributed by atoms with E-state index in [0.29, 0.717) is 5.92 Å². The predicted octanol–water partition coefficient (Wildman–Crippen LogP) is 3.65. The molecule has 0 bridgehead atoms. The second-order valence-electron chi connectivity index (χ2n) is 7.04. The zero-order valence-electron chi connectivity index (χ0n) is 13.9. The van der Waals surface area contributed by atoms with Crippen LogP contribution in [0, 0.1) is 5.92 Å². The average Bonchev–Trinajstić information content (AvgIpc) is 2.56. The van der Waals surface area contributed by atoms with Crippen LogP contribution in [0.3, 0.4) is 0 Å². The third kappa shape index (κ3) is 3.45. The molecule has 0 spiro atoms. The van der Waals surface area contributed by atoms with Crippen molar-refractivity contribution in [2.45, 2.75) is 45.4 Å². The Morgan fingerprint density at radius 3 is 2.36 bits per heavy atom. The number of carbonyl (C=O) groups is 1. The smallest absolute Gasteiger partial charge is 0.219 e. The Hall–Kier alpha value is -1.51. The molecule has 1 amide bonds. The van der Waals surface area contributed by atoms with Crippen LogP contribution in [-0.2, 0) is 4.79 Å². The summed E-state index contributed by atoms with van der Waals surface area (Å²) < 4.78 is 0. The Morgan fingerprint density at radius 2 is 1.73 bits per heavy atom. The zero-order chi connectivity index (χ0) is 15.5. The van der Waals surface area contributed by atoms with Gasteiger partial charge in [-0.15, -0.1) is 0 Å². The number of hydrogen-bond donors (Lipinski definition) is 0. The van der Waals surface area contributed by atoms with Gasteiger partial charge in [-0.25, -0.2) is 0 Å². The summed E-state index contributed by atoms with van der Waals surface area (Å²) >= 11 is 0. The quantitative estimate of drug-likeness (QED) is 0.832. The highest BCUT2D eigenvalue weighted by Crippen LogP contribution is 2.31. The number of likely N-dealkylation sites (tertiary alicyclic amines) is 1. The van der Waals surface area contributed by atoms with Crippen LogP contribution in [0.5, 0.6) is 0 Å². The molecule has 2 aliphatic rings. The summed E-state index contributed by atoms with van der Waals surface area (Å²) in [5.41, 5.74) is 2.85. The summed E-state index contributed by atoms with van der Waals surface area (Å²) in [4.78, 5) is 16.0. The summed E-state index contributed by atoms with van der Waals surface area (Å²) in [6, 6.07) is 9.12. The lowest BCUT2D eigenvalue weighted by Gasteiger charge is -2.34. The number of rotatable bonds is 2. The third-order valence-electron chi connectivity index (χ3n) is 5.43. The van der Waals surface area contributed by atoms with Crippen molar-refractivity contribution in [3.8, 4) is 0 Å². The van der Waals surface area contributed by atoms with Gasteiger partial charge in [0.05, 0.1) is 0 Å². The first kappa shape index (κ1) is 15.4. The van der Waals surface area contributed by atoms with Gasteiger partial charge in [-0.1, -0.05) is 19.1 Å². The van der Waals surface area contributed by atoms with Gasteiger partial charge in [-0.2, -0.15) is 0 Å². The number of piperidine rings is 2. The first-order valence-corrected chi connectivity index (χ1v) is 8.74. The number of benzene rings is 1. The van der Waals surface area contributed by atoms with E-state index >= 15 is 0 Å². The van der Waals surface area contributed by atoms with Gasteiger partial charge in [0, 0.05) is 38.8 Å². The van der Waals surface area contributed by atoms with Crippen LogP contribution in [0.4, 0.5) is 5.69 Å². The zero-order valence-corrected chi connectivity index (χ0v) is 13.9. The minimum absolute atomic E-state index is 0.217. The van der Waals surface area contributed by atoms with Gasteiger partial charge in [0.15, 0.2) is 0 Å². The Morgan fingerprint density at radius 1 is 1.05 bits per heavy atom. The molecule has 0 radical (unpaired) electrons. The first-order valence-electron chi connectivity index (χ1n) is 8.74. The van der Waals surface area contributed by atoms with E-state index < -0.39 is 0 Å². The highest BCUT2D eigenvalue weighted by molar-refractivity contribution is 5.73. The van der Waals surface area contributed by atoms with Crippen LogP contribution < -0.4 is 4.90 Å². The van der Waals surface area contributed by atoms with E-state index in [-0.39, 0.29) is 5.91 Å². The van der Waals surface area contributed by atoms with Crippen LogP contribution in [0.1, 0.15) is 51.0 Å². The second kappa shape index (κ2) is 6.72. The molecule has 3 heteroatoms. The molecule has 2 fully saturated rings. The molecule has 0 aliphatic carbocycles.